The van der Waals surface area contributed by atoms with Crippen LogP contribution >= 0.6 is 0 Å². The second kappa shape index (κ2) is 8.44. The molecule has 1 heterocycles. The van der Waals surface area contributed by atoms with Crippen molar-refractivity contribution in [3.8, 4) is 11.1 Å². The van der Waals surface area contributed by atoms with E-state index >= 15 is 0 Å². The van der Waals surface area contributed by atoms with Gasteiger partial charge in [0.05, 0.1) is 12.6 Å². The van der Waals surface area contributed by atoms with Gasteiger partial charge in [0.1, 0.15) is 6.61 Å². The monoisotopic (exact) mass is 437 g/mol. The molecule has 0 saturated carbocycles. The van der Waals surface area contributed by atoms with E-state index in [0.717, 1.165) is 19.4 Å². The molecule has 0 bridgehead atoms. The van der Waals surface area contributed by atoms with Crippen LogP contribution in [0, 0.1) is 0 Å². The number of benzene rings is 2. The van der Waals surface area contributed by atoms with Crippen molar-refractivity contribution in [1.29, 1.82) is 0 Å². The minimum atomic E-state index is -1.83. The highest BCUT2D eigenvalue weighted by atomic mass is 28.4. The van der Waals surface area contributed by atoms with E-state index in [-0.39, 0.29) is 23.1 Å². The predicted molar refractivity (Wildman–Crippen MR) is 128 cm³/mol. The first-order valence-corrected chi connectivity index (χ1v) is 14.4. The standard InChI is InChI=1S/C26H35NO3Si/c1-26(2,3)31(4,5)30-17-19-11-10-16-27(19)25(28)29-18-24-22-14-8-6-12-20(22)21-13-7-9-15-23(21)24/h6-9,12-15,19,24H,10-11,16-18H2,1-5H3/t19-/m0/s1. The highest BCUT2D eigenvalue weighted by molar-refractivity contribution is 6.74. The molecule has 4 rings (SSSR count). The zero-order chi connectivity index (χ0) is 22.2. The number of carbonyl (C=O) groups is 1. The maximum atomic E-state index is 13.0. The maximum Gasteiger partial charge on any atom is 0.410 e. The number of amides is 1. The fraction of sp³-hybridized carbons (Fsp3) is 0.500. The quantitative estimate of drug-likeness (QED) is 0.507. The van der Waals surface area contributed by atoms with Gasteiger partial charge in [-0.1, -0.05) is 69.3 Å². The topological polar surface area (TPSA) is 38.8 Å². The van der Waals surface area contributed by atoms with Gasteiger partial charge in [-0.15, -0.1) is 0 Å². The lowest BCUT2D eigenvalue weighted by atomic mass is 9.98. The van der Waals surface area contributed by atoms with E-state index < -0.39 is 8.32 Å². The minimum Gasteiger partial charge on any atom is -0.448 e. The average molecular weight is 438 g/mol. The van der Waals surface area contributed by atoms with Gasteiger partial charge < -0.3 is 14.1 Å². The van der Waals surface area contributed by atoms with Crippen LogP contribution in [0.25, 0.3) is 11.1 Å². The van der Waals surface area contributed by atoms with Crippen LogP contribution < -0.4 is 0 Å². The van der Waals surface area contributed by atoms with E-state index in [1.54, 1.807) is 0 Å². The van der Waals surface area contributed by atoms with E-state index in [0.29, 0.717) is 13.2 Å². The summed E-state index contributed by atoms with van der Waals surface area (Å²) in [5.74, 6) is 0.0980. The van der Waals surface area contributed by atoms with Crippen LogP contribution in [-0.2, 0) is 9.16 Å². The van der Waals surface area contributed by atoms with Crippen molar-refractivity contribution in [3.63, 3.8) is 0 Å². The fourth-order valence-electron chi connectivity index (χ4n) is 4.45. The van der Waals surface area contributed by atoms with Crippen molar-refractivity contribution in [2.45, 2.75) is 63.7 Å². The van der Waals surface area contributed by atoms with Crippen molar-refractivity contribution in [2.24, 2.45) is 0 Å². The fourth-order valence-corrected chi connectivity index (χ4v) is 5.49. The van der Waals surface area contributed by atoms with Crippen LogP contribution in [0.4, 0.5) is 4.79 Å². The number of hydrogen-bond acceptors (Lipinski definition) is 3. The summed E-state index contributed by atoms with van der Waals surface area (Å²) in [6.07, 6.45) is 1.79. The first-order valence-electron chi connectivity index (χ1n) is 11.4. The van der Waals surface area contributed by atoms with Gasteiger partial charge in [-0.05, 0) is 53.2 Å². The first-order chi connectivity index (χ1) is 14.7. The molecule has 0 radical (unpaired) electrons. The van der Waals surface area contributed by atoms with Crippen molar-refractivity contribution < 1.29 is 14.0 Å². The zero-order valence-electron chi connectivity index (χ0n) is 19.5. The molecule has 1 aliphatic carbocycles. The van der Waals surface area contributed by atoms with Gasteiger partial charge in [-0.25, -0.2) is 4.79 Å². The number of rotatable bonds is 5. The molecule has 0 aromatic heterocycles. The molecule has 4 nitrogen and oxygen atoms in total. The summed E-state index contributed by atoms with van der Waals surface area (Å²) in [5, 5.41) is 0.167. The number of hydrogen-bond donors (Lipinski definition) is 0. The Kier molecular flexibility index (Phi) is 6.01. The number of nitrogens with zero attached hydrogens (tertiary/aromatic N) is 1. The number of ether oxygens (including phenoxy) is 1. The molecule has 1 fully saturated rings. The zero-order valence-corrected chi connectivity index (χ0v) is 20.5. The largest absolute Gasteiger partial charge is 0.448 e. The molecule has 2 aromatic rings. The number of carbonyl (C=O) groups excluding carboxylic acids is 1. The molecule has 0 spiro atoms. The summed E-state index contributed by atoms with van der Waals surface area (Å²) in [7, 11) is -1.83. The van der Waals surface area contributed by atoms with Crippen LogP contribution in [0.1, 0.15) is 50.7 Å². The van der Waals surface area contributed by atoms with E-state index in [1.807, 2.05) is 4.90 Å². The Morgan fingerprint density at radius 2 is 1.58 bits per heavy atom. The smallest absolute Gasteiger partial charge is 0.410 e. The Hall–Kier alpha value is -2.11. The molecule has 1 amide bonds. The van der Waals surface area contributed by atoms with Gasteiger partial charge in [0, 0.05) is 12.5 Å². The lowest BCUT2D eigenvalue weighted by Gasteiger charge is -2.37. The van der Waals surface area contributed by atoms with Crippen molar-refractivity contribution in [2.75, 3.05) is 19.8 Å². The SMILES string of the molecule is CC(C)(C)[Si](C)(C)OC[C@@H]1CCCN1C(=O)OCC1c2ccccc2-c2ccccc21. The number of fused-ring (bicyclic) bond motifs is 3. The van der Waals surface area contributed by atoms with E-state index in [2.05, 4.69) is 82.4 Å². The summed E-state index contributed by atoms with van der Waals surface area (Å²) in [6, 6.07) is 17.0. The Morgan fingerprint density at radius 1 is 1.00 bits per heavy atom. The maximum absolute atomic E-state index is 13.0. The highest BCUT2D eigenvalue weighted by Gasteiger charge is 2.39. The lowest BCUT2D eigenvalue weighted by molar-refractivity contribution is 0.0839. The molecule has 0 unspecified atom stereocenters. The molecule has 1 atom stereocenters. The van der Waals surface area contributed by atoms with Crippen LogP contribution in [0.15, 0.2) is 48.5 Å². The molecule has 166 valence electrons. The Morgan fingerprint density at radius 3 is 2.16 bits per heavy atom. The molecular formula is C26H35NO3Si. The molecule has 31 heavy (non-hydrogen) atoms. The average Bonchev–Trinajstić information content (AvgIpc) is 3.33. The van der Waals surface area contributed by atoms with Crippen LogP contribution in [0.2, 0.25) is 18.1 Å². The molecule has 5 heteroatoms. The Balaban J connectivity index is 1.41. The Labute approximate surface area is 187 Å². The van der Waals surface area contributed by atoms with Crippen molar-refractivity contribution in [3.05, 3.63) is 59.7 Å². The van der Waals surface area contributed by atoms with Gasteiger partial charge in [0.15, 0.2) is 8.32 Å². The van der Waals surface area contributed by atoms with Gasteiger partial charge in [0.25, 0.3) is 0 Å². The normalized spacial score (nSPS) is 18.7. The summed E-state index contributed by atoms with van der Waals surface area (Å²) in [5.41, 5.74) is 4.99. The van der Waals surface area contributed by atoms with Gasteiger partial charge in [-0.2, -0.15) is 0 Å². The van der Waals surface area contributed by atoms with E-state index in [9.17, 15) is 4.79 Å². The van der Waals surface area contributed by atoms with Gasteiger partial charge in [-0.3, -0.25) is 0 Å². The molecular weight excluding hydrogens is 402 g/mol. The lowest BCUT2D eigenvalue weighted by Crippen LogP contribution is -2.46. The molecule has 2 aromatic carbocycles. The third kappa shape index (κ3) is 4.30. The van der Waals surface area contributed by atoms with Crippen molar-refractivity contribution in [1.82, 2.24) is 4.90 Å². The third-order valence-electron chi connectivity index (χ3n) is 7.39. The highest BCUT2D eigenvalue weighted by Crippen LogP contribution is 2.44. The van der Waals surface area contributed by atoms with Crippen LogP contribution in [0.3, 0.4) is 0 Å². The molecule has 1 aliphatic heterocycles. The van der Waals surface area contributed by atoms with Crippen LogP contribution in [-0.4, -0.2) is 45.1 Å². The second-order valence-corrected chi connectivity index (χ2v) is 15.2. The number of likely N-dealkylation sites (tertiary alicyclic amines) is 1. The second-order valence-electron chi connectivity index (χ2n) is 10.4. The molecule has 2 aliphatic rings. The van der Waals surface area contributed by atoms with Gasteiger partial charge >= 0.3 is 6.09 Å². The summed E-state index contributed by atoms with van der Waals surface area (Å²) in [4.78, 5) is 14.9. The van der Waals surface area contributed by atoms with E-state index in [1.165, 1.54) is 22.3 Å². The molecule has 1 saturated heterocycles. The Bertz CT molecular complexity index is 904. The summed E-state index contributed by atoms with van der Waals surface area (Å²) in [6.45, 7) is 13.0. The van der Waals surface area contributed by atoms with Crippen LogP contribution in [0.5, 0.6) is 0 Å². The molecule has 0 N–H and O–H groups in total. The minimum absolute atomic E-state index is 0.0980. The van der Waals surface area contributed by atoms with Crippen molar-refractivity contribution >= 4 is 14.4 Å². The predicted octanol–water partition coefficient (Wildman–Crippen LogP) is 6.42. The van der Waals surface area contributed by atoms with Gasteiger partial charge in [0.2, 0.25) is 0 Å². The third-order valence-corrected chi connectivity index (χ3v) is 11.9. The summed E-state index contributed by atoms with van der Waals surface area (Å²) >= 11 is 0. The summed E-state index contributed by atoms with van der Waals surface area (Å²) < 4.78 is 12.3. The van der Waals surface area contributed by atoms with E-state index in [4.69, 9.17) is 9.16 Å². The first kappa shape index (κ1) is 22.1.